The summed E-state index contributed by atoms with van der Waals surface area (Å²) in [7, 11) is 0. The SMILES string of the molecule is Fc1cc(Br)ccc1Oc1ccc(CCl)cc1Cl. The average molecular weight is 350 g/mol. The van der Waals surface area contributed by atoms with Gasteiger partial charge in [0.05, 0.1) is 5.02 Å². The molecule has 0 unspecified atom stereocenters. The molecule has 0 heterocycles. The summed E-state index contributed by atoms with van der Waals surface area (Å²) < 4.78 is 19.7. The molecule has 1 nitrogen and oxygen atoms in total. The zero-order valence-electron chi connectivity index (χ0n) is 9.09. The molecule has 0 amide bonds. The summed E-state index contributed by atoms with van der Waals surface area (Å²) >= 11 is 14.9. The Balaban J connectivity index is 2.28. The Hall–Kier alpha value is -0.770. The molecule has 0 aliphatic rings. The highest BCUT2D eigenvalue weighted by molar-refractivity contribution is 9.10. The molecule has 94 valence electrons. The maximum Gasteiger partial charge on any atom is 0.166 e. The van der Waals surface area contributed by atoms with Gasteiger partial charge < -0.3 is 4.74 Å². The van der Waals surface area contributed by atoms with E-state index in [2.05, 4.69) is 15.9 Å². The van der Waals surface area contributed by atoms with Crippen LogP contribution >= 0.6 is 39.1 Å². The second-order valence-electron chi connectivity index (χ2n) is 3.58. The molecule has 0 aliphatic heterocycles. The molecule has 0 bridgehead atoms. The molecule has 2 rings (SSSR count). The van der Waals surface area contributed by atoms with Crippen LogP contribution in [-0.4, -0.2) is 0 Å². The van der Waals surface area contributed by atoms with E-state index in [0.717, 1.165) is 5.56 Å². The highest BCUT2D eigenvalue weighted by Gasteiger charge is 2.08. The Morgan fingerprint density at radius 3 is 2.44 bits per heavy atom. The molecule has 0 saturated carbocycles. The first-order chi connectivity index (χ1) is 8.60. The molecule has 0 fully saturated rings. The molecular formula is C13H8BrCl2FO. The van der Waals surface area contributed by atoms with Crippen LogP contribution in [0, 0.1) is 5.82 Å². The Labute approximate surface area is 123 Å². The number of alkyl halides is 1. The lowest BCUT2D eigenvalue weighted by Gasteiger charge is -2.09. The molecule has 0 spiro atoms. The van der Waals surface area contributed by atoms with E-state index >= 15 is 0 Å². The third kappa shape index (κ3) is 3.16. The number of ether oxygens (including phenoxy) is 1. The predicted molar refractivity (Wildman–Crippen MR) is 75.2 cm³/mol. The van der Waals surface area contributed by atoms with Gasteiger partial charge in [-0.1, -0.05) is 33.6 Å². The normalized spacial score (nSPS) is 10.4. The van der Waals surface area contributed by atoms with E-state index in [-0.39, 0.29) is 5.75 Å². The van der Waals surface area contributed by atoms with Crippen molar-refractivity contribution in [3.63, 3.8) is 0 Å². The minimum Gasteiger partial charge on any atom is -0.453 e. The van der Waals surface area contributed by atoms with E-state index in [1.165, 1.54) is 12.1 Å². The van der Waals surface area contributed by atoms with E-state index in [0.29, 0.717) is 21.1 Å². The topological polar surface area (TPSA) is 9.23 Å². The van der Waals surface area contributed by atoms with Crippen LogP contribution in [0.2, 0.25) is 5.02 Å². The summed E-state index contributed by atoms with van der Waals surface area (Å²) in [6.07, 6.45) is 0. The lowest BCUT2D eigenvalue weighted by Crippen LogP contribution is -1.90. The van der Waals surface area contributed by atoms with Crippen molar-refractivity contribution in [2.45, 2.75) is 5.88 Å². The summed E-state index contributed by atoms with van der Waals surface area (Å²) in [6, 6.07) is 9.70. The smallest absolute Gasteiger partial charge is 0.166 e. The number of halogens is 4. The highest BCUT2D eigenvalue weighted by atomic mass is 79.9. The van der Waals surface area contributed by atoms with Gasteiger partial charge in [-0.05, 0) is 35.9 Å². The van der Waals surface area contributed by atoms with Crippen LogP contribution in [0.15, 0.2) is 40.9 Å². The molecular weight excluding hydrogens is 342 g/mol. The van der Waals surface area contributed by atoms with Crippen LogP contribution < -0.4 is 4.74 Å². The maximum atomic E-state index is 13.6. The standard InChI is InChI=1S/C13H8BrCl2FO/c14-9-2-4-13(11(17)6-9)18-12-3-1-8(7-15)5-10(12)16/h1-6H,7H2. The average Bonchev–Trinajstić information content (AvgIpc) is 2.34. The third-order valence-electron chi connectivity index (χ3n) is 2.26. The van der Waals surface area contributed by atoms with Gasteiger partial charge in [0.2, 0.25) is 0 Å². The molecule has 18 heavy (non-hydrogen) atoms. The lowest BCUT2D eigenvalue weighted by molar-refractivity contribution is 0.442. The number of benzene rings is 2. The zero-order chi connectivity index (χ0) is 13.1. The van der Waals surface area contributed by atoms with E-state index in [4.69, 9.17) is 27.9 Å². The van der Waals surface area contributed by atoms with Gasteiger partial charge in [0.1, 0.15) is 5.75 Å². The maximum absolute atomic E-state index is 13.6. The van der Waals surface area contributed by atoms with Gasteiger partial charge in [-0.25, -0.2) is 4.39 Å². The van der Waals surface area contributed by atoms with Gasteiger partial charge in [-0.2, -0.15) is 0 Å². The van der Waals surface area contributed by atoms with Gasteiger partial charge in [-0.15, -0.1) is 11.6 Å². The van der Waals surface area contributed by atoms with Crippen molar-refractivity contribution in [3.05, 3.63) is 57.3 Å². The van der Waals surface area contributed by atoms with Crippen LogP contribution in [-0.2, 0) is 5.88 Å². The van der Waals surface area contributed by atoms with Crippen molar-refractivity contribution in [2.75, 3.05) is 0 Å². The van der Waals surface area contributed by atoms with E-state index in [1.807, 2.05) is 0 Å². The summed E-state index contributed by atoms with van der Waals surface area (Å²) in [6.45, 7) is 0. The van der Waals surface area contributed by atoms with E-state index in [9.17, 15) is 4.39 Å². The third-order valence-corrected chi connectivity index (χ3v) is 3.36. The first-order valence-electron chi connectivity index (χ1n) is 5.07. The molecule has 5 heteroatoms. The van der Waals surface area contributed by atoms with E-state index < -0.39 is 5.82 Å². The summed E-state index contributed by atoms with van der Waals surface area (Å²) in [5.74, 6) is 0.430. The fourth-order valence-electron chi connectivity index (χ4n) is 1.39. The molecule has 0 N–H and O–H groups in total. The number of hydrogen-bond acceptors (Lipinski definition) is 1. The molecule has 0 radical (unpaired) electrons. The molecule has 2 aromatic carbocycles. The molecule has 2 aromatic rings. The van der Waals surface area contributed by atoms with Crippen LogP contribution in [0.5, 0.6) is 11.5 Å². The monoisotopic (exact) mass is 348 g/mol. The van der Waals surface area contributed by atoms with Crippen molar-refractivity contribution >= 4 is 39.1 Å². The lowest BCUT2D eigenvalue weighted by atomic mass is 10.2. The minimum absolute atomic E-state index is 0.124. The first-order valence-corrected chi connectivity index (χ1v) is 6.78. The van der Waals surface area contributed by atoms with Crippen molar-refractivity contribution in [1.29, 1.82) is 0 Å². The van der Waals surface area contributed by atoms with Crippen LogP contribution in [0.1, 0.15) is 5.56 Å². The Kier molecular flexibility index (Phi) is 4.49. The molecule has 0 saturated heterocycles. The Morgan fingerprint density at radius 2 is 1.83 bits per heavy atom. The quantitative estimate of drug-likeness (QED) is 0.639. The van der Waals surface area contributed by atoms with Crippen molar-refractivity contribution < 1.29 is 9.13 Å². The molecule has 0 atom stereocenters. The fraction of sp³-hybridized carbons (Fsp3) is 0.0769. The fourth-order valence-corrected chi connectivity index (χ4v) is 2.13. The molecule has 0 aliphatic carbocycles. The predicted octanol–water partition coefficient (Wildman–Crippen LogP) is 5.77. The minimum atomic E-state index is -0.457. The molecule has 0 aromatic heterocycles. The highest BCUT2D eigenvalue weighted by Crippen LogP contribution is 2.32. The van der Waals surface area contributed by atoms with Gasteiger partial charge in [0.25, 0.3) is 0 Å². The second kappa shape index (κ2) is 5.91. The Bertz CT molecular complexity index is 575. The number of rotatable bonds is 3. The summed E-state index contributed by atoms with van der Waals surface area (Å²) in [4.78, 5) is 0. The van der Waals surface area contributed by atoms with Gasteiger partial charge in [0, 0.05) is 10.4 Å². The summed E-state index contributed by atoms with van der Waals surface area (Å²) in [5, 5.41) is 0.399. The van der Waals surface area contributed by atoms with Gasteiger partial charge in [-0.3, -0.25) is 0 Å². The van der Waals surface area contributed by atoms with Gasteiger partial charge in [0.15, 0.2) is 11.6 Å². The first kappa shape index (κ1) is 13.7. The van der Waals surface area contributed by atoms with Crippen molar-refractivity contribution in [1.82, 2.24) is 0 Å². The second-order valence-corrected chi connectivity index (χ2v) is 5.17. The van der Waals surface area contributed by atoms with Crippen LogP contribution in [0.25, 0.3) is 0 Å². The van der Waals surface area contributed by atoms with Crippen molar-refractivity contribution in [2.24, 2.45) is 0 Å². The van der Waals surface area contributed by atoms with Crippen LogP contribution in [0.3, 0.4) is 0 Å². The van der Waals surface area contributed by atoms with Gasteiger partial charge >= 0.3 is 0 Å². The largest absolute Gasteiger partial charge is 0.453 e. The summed E-state index contributed by atoms with van der Waals surface area (Å²) in [5.41, 5.74) is 0.880. The van der Waals surface area contributed by atoms with Crippen molar-refractivity contribution in [3.8, 4) is 11.5 Å². The Morgan fingerprint density at radius 1 is 1.11 bits per heavy atom. The zero-order valence-corrected chi connectivity index (χ0v) is 12.2. The van der Waals surface area contributed by atoms with E-state index in [1.54, 1.807) is 24.3 Å². The number of hydrogen-bond donors (Lipinski definition) is 0. The van der Waals surface area contributed by atoms with Crippen LogP contribution in [0.4, 0.5) is 4.39 Å².